The monoisotopic (exact) mass is 588 g/mol. The zero-order valence-electron chi connectivity index (χ0n) is 25.8. The molecule has 1 aliphatic carbocycles. The van der Waals surface area contributed by atoms with Crippen molar-refractivity contribution in [1.82, 2.24) is 19.9 Å². The highest BCUT2D eigenvalue weighted by atomic mass is 16.5. The first kappa shape index (κ1) is 29.5. The number of hydrogen-bond acceptors (Lipinski definition) is 5. The highest BCUT2D eigenvalue weighted by Crippen LogP contribution is 2.30. The van der Waals surface area contributed by atoms with E-state index in [4.69, 9.17) is 4.52 Å². The number of amides is 2. The van der Waals surface area contributed by atoms with Crippen molar-refractivity contribution in [3.05, 3.63) is 108 Å². The zero-order valence-corrected chi connectivity index (χ0v) is 25.8. The van der Waals surface area contributed by atoms with Crippen LogP contribution in [0.3, 0.4) is 0 Å². The number of nitrogens with zero attached hydrogens (tertiary/aromatic N) is 4. The van der Waals surface area contributed by atoms with Crippen molar-refractivity contribution >= 4 is 33.4 Å². The van der Waals surface area contributed by atoms with Gasteiger partial charge in [-0.2, -0.15) is 4.98 Å². The van der Waals surface area contributed by atoms with Crippen molar-refractivity contribution in [2.75, 3.05) is 14.1 Å². The van der Waals surface area contributed by atoms with Gasteiger partial charge in [-0.15, -0.1) is 0 Å². The van der Waals surface area contributed by atoms with Gasteiger partial charge in [0.25, 0.3) is 0 Å². The van der Waals surface area contributed by atoms with Gasteiger partial charge >= 0.3 is 0 Å². The number of fused-ring (bicyclic) bond motifs is 2. The van der Waals surface area contributed by atoms with Crippen LogP contribution in [0.2, 0.25) is 0 Å². The molecule has 1 aliphatic rings. The molecule has 1 fully saturated rings. The molecular formula is C37H40N4O3. The molecule has 0 saturated heterocycles. The van der Waals surface area contributed by atoms with E-state index in [-0.39, 0.29) is 17.7 Å². The Hall–Kier alpha value is -4.52. The molecule has 1 aromatic heterocycles. The summed E-state index contributed by atoms with van der Waals surface area (Å²) in [4.78, 5) is 36.4. The van der Waals surface area contributed by atoms with Gasteiger partial charge in [-0.3, -0.25) is 9.59 Å². The summed E-state index contributed by atoms with van der Waals surface area (Å²) in [5, 5.41) is 8.59. The average Bonchev–Trinajstić information content (AvgIpc) is 3.50. The molecule has 226 valence electrons. The second-order valence-electron chi connectivity index (χ2n) is 12.2. The molecule has 0 N–H and O–H groups in total. The minimum Gasteiger partial charge on any atom is -0.337 e. The van der Waals surface area contributed by atoms with Crippen LogP contribution >= 0.6 is 0 Å². The number of aromatic nitrogens is 2. The summed E-state index contributed by atoms with van der Waals surface area (Å²) >= 11 is 0. The molecule has 2 atom stereocenters. The Balaban J connectivity index is 1.33. The van der Waals surface area contributed by atoms with Gasteiger partial charge in [0, 0.05) is 32.9 Å². The molecule has 2 amide bonds. The van der Waals surface area contributed by atoms with E-state index in [1.54, 1.807) is 30.8 Å². The van der Waals surface area contributed by atoms with Crippen LogP contribution in [-0.4, -0.2) is 51.9 Å². The van der Waals surface area contributed by atoms with Gasteiger partial charge in [0.1, 0.15) is 12.1 Å². The van der Waals surface area contributed by atoms with E-state index in [0.717, 1.165) is 64.8 Å². The molecular weight excluding hydrogens is 548 g/mol. The standard InChI is InChI=1S/C37H40N4O3/c1-25-38-35(44-39-25)33(23-26-17-19-28-11-7-9-15-31(28)21-26)40(2)37(43)34(41(3)36(42)30-13-5-4-6-14-30)24-27-18-20-29-12-8-10-16-32(29)22-27/h7-12,15-22,30,33-34H,4-6,13-14,23-24H2,1-3H3. The molecule has 7 heteroatoms. The van der Waals surface area contributed by atoms with Crippen LogP contribution in [0.5, 0.6) is 0 Å². The van der Waals surface area contributed by atoms with E-state index < -0.39 is 12.1 Å². The fourth-order valence-electron chi connectivity index (χ4n) is 6.59. The van der Waals surface area contributed by atoms with Gasteiger partial charge in [0.2, 0.25) is 17.7 Å². The summed E-state index contributed by atoms with van der Waals surface area (Å²) in [6.45, 7) is 1.78. The Labute approximate surface area is 258 Å². The maximum Gasteiger partial charge on any atom is 0.249 e. The summed E-state index contributed by atoms with van der Waals surface area (Å²) in [7, 11) is 3.59. The number of likely N-dealkylation sites (N-methyl/N-ethyl adjacent to an activating group) is 2. The fraction of sp³-hybridized carbons (Fsp3) is 0.351. The van der Waals surface area contributed by atoms with Crippen LogP contribution in [0.1, 0.15) is 61.0 Å². The summed E-state index contributed by atoms with van der Waals surface area (Å²) in [5.74, 6) is 0.764. The Morgan fingerprint density at radius 2 is 1.34 bits per heavy atom. The van der Waals surface area contributed by atoms with Crippen molar-refractivity contribution in [3.8, 4) is 0 Å². The largest absolute Gasteiger partial charge is 0.337 e. The summed E-state index contributed by atoms with van der Waals surface area (Å²) in [6, 6.07) is 27.9. The van der Waals surface area contributed by atoms with E-state index in [1.165, 1.54) is 0 Å². The van der Waals surface area contributed by atoms with E-state index in [0.29, 0.717) is 24.6 Å². The molecule has 5 aromatic rings. The summed E-state index contributed by atoms with van der Waals surface area (Å²) < 4.78 is 5.67. The average molecular weight is 589 g/mol. The van der Waals surface area contributed by atoms with Gasteiger partial charge in [-0.25, -0.2) is 0 Å². The second kappa shape index (κ2) is 13.0. The van der Waals surface area contributed by atoms with E-state index in [9.17, 15) is 9.59 Å². The molecule has 4 aromatic carbocycles. The Kier molecular flexibility index (Phi) is 8.73. The molecule has 7 nitrogen and oxygen atoms in total. The maximum atomic E-state index is 14.6. The van der Waals surface area contributed by atoms with E-state index in [1.807, 2.05) is 24.3 Å². The number of benzene rings is 4. The zero-order chi connectivity index (χ0) is 30.6. The lowest BCUT2D eigenvalue weighted by atomic mass is 9.87. The summed E-state index contributed by atoms with van der Waals surface area (Å²) in [5.41, 5.74) is 2.07. The molecule has 2 unspecified atom stereocenters. The number of hydrogen-bond donors (Lipinski definition) is 0. The normalized spacial score (nSPS) is 15.2. The maximum absolute atomic E-state index is 14.6. The van der Waals surface area contributed by atoms with E-state index in [2.05, 4.69) is 70.8 Å². The third kappa shape index (κ3) is 6.37. The lowest BCUT2D eigenvalue weighted by molar-refractivity contribution is -0.148. The predicted molar refractivity (Wildman–Crippen MR) is 173 cm³/mol. The molecule has 6 rings (SSSR count). The number of carbonyl (C=O) groups is 2. The van der Waals surface area contributed by atoms with Gasteiger partial charge in [-0.1, -0.05) is 109 Å². The van der Waals surface area contributed by atoms with E-state index >= 15 is 0 Å². The molecule has 0 spiro atoms. The Morgan fingerprint density at radius 3 is 1.91 bits per heavy atom. The highest BCUT2D eigenvalue weighted by molar-refractivity contribution is 5.89. The topological polar surface area (TPSA) is 79.5 Å². The SMILES string of the molecule is Cc1noc(C(Cc2ccc3ccccc3c2)N(C)C(=O)C(Cc2ccc3ccccc3c2)N(C)C(=O)C2CCCCC2)n1. The van der Waals surface area contributed by atoms with Crippen LogP contribution in [0.15, 0.2) is 89.5 Å². The number of aryl methyl sites for hydroxylation is 1. The lowest BCUT2D eigenvalue weighted by Gasteiger charge is -2.36. The fourth-order valence-corrected chi connectivity index (χ4v) is 6.59. The number of carbonyl (C=O) groups excluding carboxylic acids is 2. The first-order valence-electron chi connectivity index (χ1n) is 15.7. The van der Waals surface area contributed by atoms with Gasteiger partial charge in [0.15, 0.2) is 5.82 Å². The first-order valence-corrected chi connectivity index (χ1v) is 15.7. The lowest BCUT2D eigenvalue weighted by Crippen LogP contribution is -2.52. The summed E-state index contributed by atoms with van der Waals surface area (Å²) in [6.07, 6.45) is 5.93. The van der Waals surface area contributed by atoms with Crippen molar-refractivity contribution < 1.29 is 14.1 Å². The van der Waals surface area contributed by atoms with Gasteiger partial charge in [0.05, 0.1) is 0 Å². The molecule has 0 bridgehead atoms. The minimum absolute atomic E-state index is 0.0436. The smallest absolute Gasteiger partial charge is 0.249 e. The molecule has 44 heavy (non-hydrogen) atoms. The molecule has 0 aliphatic heterocycles. The highest BCUT2D eigenvalue weighted by Gasteiger charge is 2.37. The third-order valence-corrected chi connectivity index (χ3v) is 9.18. The van der Waals surface area contributed by atoms with Crippen molar-refractivity contribution in [2.24, 2.45) is 5.92 Å². The Bertz CT molecular complexity index is 1770. The molecule has 0 radical (unpaired) electrons. The van der Waals surface area contributed by atoms with Crippen LogP contribution < -0.4 is 0 Å². The quantitative estimate of drug-likeness (QED) is 0.184. The van der Waals surface area contributed by atoms with Crippen LogP contribution in [0.25, 0.3) is 21.5 Å². The van der Waals surface area contributed by atoms with Crippen LogP contribution in [0.4, 0.5) is 0 Å². The molecule has 1 saturated carbocycles. The van der Waals surface area contributed by atoms with Crippen molar-refractivity contribution in [1.29, 1.82) is 0 Å². The first-order chi connectivity index (χ1) is 21.4. The Morgan fingerprint density at radius 1 is 0.773 bits per heavy atom. The molecule has 1 heterocycles. The van der Waals surface area contributed by atoms with Gasteiger partial charge in [-0.05, 0) is 52.4 Å². The van der Waals surface area contributed by atoms with Crippen molar-refractivity contribution in [2.45, 2.75) is 64.0 Å². The van der Waals surface area contributed by atoms with Gasteiger partial charge < -0.3 is 14.3 Å². The van der Waals surface area contributed by atoms with Crippen LogP contribution in [0, 0.1) is 12.8 Å². The minimum atomic E-state index is -0.682. The third-order valence-electron chi connectivity index (χ3n) is 9.18. The number of rotatable bonds is 9. The van der Waals surface area contributed by atoms with Crippen molar-refractivity contribution in [3.63, 3.8) is 0 Å². The second-order valence-corrected chi connectivity index (χ2v) is 12.2. The predicted octanol–water partition coefficient (Wildman–Crippen LogP) is 7.08. The van der Waals surface area contributed by atoms with Crippen LogP contribution in [-0.2, 0) is 22.4 Å².